The van der Waals surface area contributed by atoms with E-state index < -0.39 is 0 Å². The van der Waals surface area contributed by atoms with Gasteiger partial charge in [0.1, 0.15) is 0 Å². The fraction of sp³-hybridized carbons (Fsp3) is 0.455. The van der Waals surface area contributed by atoms with Gasteiger partial charge in [-0.2, -0.15) is 0 Å². The van der Waals surface area contributed by atoms with Crippen LogP contribution in [0.5, 0.6) is 0 Å². The highest BCUT2D eigenvalue weighted by Gasteiger charge is 2.22. The topological polar surface area (TPSA) is 12.0 Å². The van der Waals surface area contributed by atoms with E-state index in [1.807, 2.05) is 7.05 Å². The third-order valence-corrected chi connectivity index (χ3v) is 4.30. The first-order chi connectivity index (χ1) is 6.74. The maximum absolute atomic E-state index is 3.64. The van der Waals surface area contributed by atoms with Gasteiger partial charge in [-0.1, -0.05) is 31.9 Å². The summed E-state index contributed by atoms with van der Waals surface area (Å²) in [5.74, 6) is 0. The standard InChI is InChI=1S/C11H13Br2N/c1-14-10-4-2-3-7-8(12)5-6-9(13)11(7)10/h5-6,10,14H,2-4H2,1H3. The summed E-state index contributed by atoms with van der Waals surface area (Å²) in [6.07, 6.45) is 3.69. The molecule has 1 aliphatic rings. The highest BCUT2D eigenvalue weighted by atomic mass is 79.9. The van der Waals surface area contributed by atoms with E-state index in [1.54, 1.807) is 0 Å². The van der Waals surface area contributed by atoms with Crippen molar-refractivity contribution >= 4 is 31.9 Å². The van der Waals surface area contributed by atoms with E-state index in [-0.39, 0.29) is 0 Å². The number of nitrogens with one attached hydrogen (secondary N) is 1. The number of fused-ring (bicyclic) bond motifs is 1. The summed E-state index contributed by atoms with van der Waals surface area (Å²) >= 11 is 7.26. The molecule has 0 aromatic heterocycles. The summed E-state index contributed by atoms with van der Waals surface area (Å²) in [4.78, 5) is 0. The van der Waals surface area contributed by atoms with E-state index in [9.17, 15) is 0 Å². The molecule has 0 radical (unpaired) electrons. The number of hydrogen-bond acceptors (Lipinski definition) is 1. The molecule has 1 aromatic carbocycles. The van der Waals surface area contributed by atoms with Crippen molar-refractivity contribution in [3.05, 3.63) is 32.2 Å². The average Bonchev–Trinajstić information content (AvgIpc) is 2.23. The highest BCUT2D eigenvalue weighted by molar-refractivity contribution is 9.11. The first-order valence-electron chi connectivity index (χ1n) is 4.88. The Balaban J connectivity index is 2.55. The Morgan fingerprint density at radius 2 is 2.00 bits per heavy atom. The molecule has 0 saturated heterocycles. The Hall–Kier alpha value is 0.140. The molecule has 0 bridgehead atoms. The number of benzene rings is 1. The van der Waals surface area contributed by atoms with Crippen LogP contribution in [0.25, 0.3) is 0 Å². The lowest BCUT2D eigenvalue weighted by atomic mass is 9.88. The average molecular weight is 319 g/mol. The lowest BCUT2D eigenvalue weighted by molar-refractivity contribution is 0.493. The van der Waals surface area contributed by atoms with Crippen molar-refractivity contribution in [1.82, 2.24) is 5.32 Å². The summed E-state index contributed by atoms with van der Waals surface area (Å²) in [6, 6.07) is 4.75. The minimum absolute atomic E-state index is 0.505. The van der Waals surface area contributed by atoms with Crippen molar-refractivity contribution in [2.75, 3.05) is 7.05 Å². The maximum atomic E-state index is 3.64. The summed E-state index contributed by atoms with van der Waals surface area (Å²) in [6.45, 7) is 0. The fourth-order valence-corrected chi connectivity index (χ4v) is 3.35. The Morgan fingerprint density at radius 1 is 1.29 bits per heavy atom. The molecule has 1 aromatic rings. The van der Waals surface area contributed by atoms with Crippen molar-refractivity contribution in [2.24, 2.45) is 0 Å². The molecule has 1 aliphatic carbocycles. The first kappa shape index (κ1) is 10.7. The molecule has 0 spiro atoms. The Bertz CT molecular complexity index is 349. The first-order valence-corrected chi connectivity index (χ1v) is 6.46. The van der Waals surface area contributed by atoms with Crippen LogP contribution in [0.15, 0.2) is 21.1 Å². The van der Waals surface area contributed by atoms with Crippen LogP contribution in [0.1, 0.15) is 30.0 Å². The predicted octanol–water partition coefficient (Wildman–Crippen LogP) is 3.81. The second-order valence-electron chi connectivity index (χ2n) is 3.65. The van der Waals surface area contributed by atoms with Crippen LogP contribution in [0.4, 0.5) is 0 Å². The van der Waals surface area contributed by atoms with Crippen LogP contribution in [0.3, 0.4) is 0 Å². The van der Waals surface area contributed by atoms with Gasteiger partial charge >= 0.3 is 0 Å². The summed E-state index contributed by atoms with van der Waals surface area (Å²) in [7, 11) is 2.03. The van der Waals surface area contributed by atoms with Crippen LogP contribution in [-0.4, -0.2) is 7.05 Å². The molecule has 0 aliphatic heterocycles. The Morgan fingerprint density at radius 3 is 2.71 bits per heavy atom. The lowest BCUT2D eigenvalue weighted by Gasteiger charge is -2.27. The van der Waals surface area contributed by atoms with E-state index in [2.05, 4.69) is 49.3 Å². The smallest absolute Gasteiger partial charge is 0.0332 e. The summed E-state index contributed by atoms with van der Waals surface area (Å²) in [5, 5.41) is 3.38. The van der Waals surface area contributed by atoms with Gasteiger partial charge in [-0.15, -0.1) is 0 Å². The van der Waals surface area contributed by atoms with Gasteiger partial charge in [0, 0.05) is 15.0 Å². The van der Waals surface area contributed by atoms with Crippen LogP contribution >= 0.6 is 31.9 Å². The summed E-state index contributed by atoms with van der Waals surface area (Å²) < 4.78 is 2.48. The molecular formula is C11H13Br2N. The molecule has 76 valence electrons. The second-order valence-corrected chi connectivity index (χ2v) is 5.36. The monoisotopic (exact) mass is 317 g/mol. The van der Waals surface area contributed by atoms with E-state index >= 15 is 0 Å². The molecular weight excluding hydrogens is 306 g/mol. The van der Waals surface area contributed by atoms with Gasteiger partial charge in [-0.05, 0) is 49.6 Å². The van der Waals surface area contributed by atoms with Crippen LogP contribution in [0, 0.1) is 0 Å². The van der Waals surface area contributed by atoms with Gasteiger partial charge in [0.25, 0.3) is 0 Å². The SMILES string of the molecule is CNC1CCCc2c(Br)ccc(Br)c21. The zero-order valence-corrected chi connectivity index (χ0v) is 11.3. The van der Waals surface area contributed by atoms with E-state index in [0.717, 1.165) is 0 Å². The van der Waals surface area contributed by atoms with E-state index in [0.29, 0.717) is 6.04 Å². The molecule has 1 atom stereocenters. The molecule has 0 saturated carbocycles. The quantitative estimate of drug-likeness (QED) is 0.830. The van der Waals surface area contributed by atoms with Gasteiger partial charge in [-0.3, -0.25) is 0 Å². The highest BCUT2D eigenvalue weighted by Crippen LogP contribution is 2.38. The molecule has 0 amide bonds. The van der Waals surface area contributed by atoms with Crippen molar-refractivity contribution < 1.29 is 0 Å². The molecule has 14 heavy (non-hydrogen) atoms. The van der Waals surface area contributed by atoms with Gasteiger partial charge in [0.05, 0.1) is 0 Å². The van der Waals surface area contributed by atoms with Crippen LogP contribution in [0.2, 0.25) is 0 Å². The van der Waals surface area contributed by atoms with Crippen molar-refractivity contribution in [3.63, 3.8) is 0 Å². The normalized spacial score (nSPS) is 20.6. The van der Waals surface area contributed by atoms with Gasteiger partial charge < -0.3 is 5.32 Å². The number of hydrogen-bond donors (Lipinski definition) is 1. The van der Waals surface area contributed by atoms with Crippen molar-refractivity contribution in [1.29, 1.82) is 0 Å². The predicted molar refractivity (Wildman–Crippen MR) is 66.6 cm³/mol. The minimum atomic E-state index is 0.505. The maximum Gasteiger partial charge on any atom is 0.0332 e. The fourth-order valence-electron chi connectivity index (χ4n) is 2.16. The van der Waals surface area contributed by atoms with E-state index in [1.165, 1.54) is 39.3 Å². The van der Waals surface area contributed by atoms with Crippen LogP contribution in [-0.2, 0) is 6.42 Å². The molecule has 3 heteroatoms. The van der Waals surface area contributed by atoms with Crippen LogP contribution < -0.4 is 5.32 Å². The van der Waals surface area contributed by atoms with Gasteiger partial charge in [0.15, 0.2) is 0 Å². The Labute approximate surface area is 102 Å². The molecule has 1 unspecified atom stereocenters. The zero-order chi connectivity index (χ0) is 10.1. The van der Waals surface area contributed by atoms with Crippen molar-refractivity contribution in [3.8, 4) is 0 Å². The zero-order valence-electron chi connectivity index (χ0n) is 8.11. The minimum Gasteiger partial charge on any atom is -0.313 e. The molecule has 2 rings (SSSR count). The largest absolute Gasteiger partial charge is 0.313 e. The second kappa shape index (κ2) is 4.33. The molecule has 1 nitrogen and oxygen atoms in total. The van der Waals surface area contributed by atoms with E-state index in [4.69, 9.17) is 0 Å². The third kappa shape index (κ3) is 1.77. The lowest BCUT2D eigenvalue weighted by Crippen LogP contribution is -2.22. The number of rotatable bonds is 1. The third-order valence-electron chi connectivity index (χ3n) is 2.86. The van der Waals surface area contributed by atoms with Crippen molar-refractivity contribution in [2.45, 2.75) is 25.3 Å². The van der Waals surface area contributed by atoms with Gasteiger partial charge in [-0.25, -0.2) is 0 Å². The number of halogens is 2. The molecule has 1 N–H and O–H groups in total. The Kier molecular flexibility index (Phi) is 3.30. The molecule has 0 fully saturated rings. The summed E-state index contributed by atoms with van der Waals surface area (Å²) in [5.41, 5.74) is 2.90. The molecule has 0 heterocycles. The van der Waals surface area contributed by atoms with Gasteiger partial charge in [0.2, 0.25) is 0 Å².